The molecule has 3 aliphatic rings. The van der Waals surface area contributed by atoms with Crippen LogP contribution in [0.5, 0.6) is 5.75 Å². The van der Waals surface area contributed by atoms with Crippen LogP contribution in [0.1, 0.15) is 87.2 Å². The molecule has 5 rings (SSSR count). The number of carbonyl (C=O) groups excluding carboxylic acids is 1. The number of esters is 1. The van der Waals surface area contributed by atoms with E-state index in [1.165, 1.54) is 55.0 Å². The first-order valence-electron chi connectivity index (χ1n) is 13.2. The van der Waals surface area contributed by atoms with Crippen LogP contribution in [-0.2, 0) is 22.5 Å². The Morgan fingerprint density at radius 1 is 1.20 bits per heavy atom. The van der Waals surface area contributed by atoms with Crippen molar-refractivity contribution in [3.05, 3.63) is 63.7 Å². The lowest BCUT2D eigenvalue weighted by molar-refractivity contribution is -0.145. The fourth-order valence-corrected chi connectivity index (χ4v) is 6.45. The zero-order valence-electron chi connectivity index (χ0n) is 21.5. The van der Waals surface area contributed by atoms with Gasteiger partial charge in [0.15, 0.2) is 0 Å². The summed E-state index contributed by atoms with van der Waals surface area (Å²) in [6.45, 7) is 8.70. The van der Waals surface area contributed by atoms with Crippen molar-refractivity contribution in [3.63, 3.8) is 0 Å². The highest BCUT2D eigenvalue weighted by atomic mass is 35.5. The van der Waals surface area contributed by atoms with Crippen LogP contribution < -0.4 is 4.74 Å². The van der Waals surface area contributed by atoms with Crippen molar-refractivity contribution in [1.82, 2.24) is 4.90 Å². The Kier molecular flexibility index (Phi) is 6.89. The van der Waals surface area contributed by atoms with E-state index < -0.39 is 0 Å². The van der Waals surface area contributed by atoms with Crippen molar-refractivity contribution in [2.45, 2.75) is 83.4 Å². The maximum absolute atomic E-state index is 12.4. The van der Waals surface area contributed by atoms with Crippen molar-refractivity contribution in [3.8, 4) is 5.75 Å². The van der Waals surface area contributed by atoms with Crippen molar-refractivity contribution in [2.75, 3.05) is 13.7 Å². The summed E-state index contributed by atoms with van der Waals surface area (Å²) >= 11 is 6.45. The second-order valence-corrected chi connectivity index (χ2v) is 11.8. The second-order valence-electron chi connectivity index (χ2n) is 11.4. The lowest BCUT2D eigenvalue weighted by Crippen LogP contribution is -2.37. The summed E-state index contributed by atoms with van der Waals surface area (Å²) in [5, 5.41) is 0.781. The van der Waals surface area contributed by atoms with Crippen LogP contribution in [-0.4, -0.2) is 30.1 Å². The van der Waals surface area contributed by atoms with Gasteiger partial charge in [-0.3, -0.25) is 9.69 Å². The fraction of sp³-hybridized carbons (Fsp3) is 0.567. The summed E-state index contributed by atoms with van der Waals surface area (Å²) < 4.78 is 11.8. The van der Waals surface area contributed by atoms with Gasteiger partial charge in [-0.1, -0.05) is 36.7 Å². The van der Waals surface area contributed by atoms with E-state index in [-0.39, 0.29) is 29.4 Å². The molecule has 5 heteroatoms. The Hall–Kier alpha value is -2.04. The molecule has 1 saturated carbocycles. The first kappa shape index (κ1) is 24.6. The van der Waals surface area contributed by atoms with Gasteiger partial charge in [0.2, 0.25) is 0 Å². The molecule has 0 spiro atoms. The van der Waals surface area contributed by atoms with Crippen LogP contribution in [0.3, 0.4) is 0 Å². The topological polar surface area (TPSA) is 38.8 Å². The van der Waals surface area contributed by atoms with Crippen LogP contribution >= 0.6 is 11.6 Å². The van der Waals surface area contributed by atoms with Crippen molar-refractivity contribution in [1.29, 1.82) is 0 Å². The van der Waals surface area contributed by atoms with Gasteiger partial charge in [-0.15, -0.1) is 0 Å². The van der Waals surface area contributed by atoms with Crippen molar-refractivity contribution >= 4 is 17.6 Å². The van der Waals surface area contributed by atoms with E-state index in [2.05, 4.69) is 49.1 Å². The molecule has 35 heavy (non-hydrogen) atoms. The highest BCUT2D eigenvalue weighted by molar-refractivity contribution is 6.30. The van der Waals surface area contributed by atoms with Crippen LogP contribution in [0.25, 0.3) is 0 Å². The van der Waals surface area contributed by atoms with Gasteiger partial charge < -0.3 is 9.47 Å². The number of halogens is 1. The quantitative estimate of drug-likeness (QED) is 0.384. The van der Waals surface area contributed by atoms with E-state index in [0.717, 1.165) is 36.7 Å². The molecule has 0 bridgehead atoms. The minimum absolute atomic E-state index is 0.00753. The van der Waals surface area contributed by atoms with Gasteiger partial charge in [0, 0.05) is 17.1 Å². The summed E-state index contributed by atoms with van der Waals surface area (Å²) in [6, 6.07) is 12.9. The lowest BCUT2D eigenvalue weighted by atomic mass is 9.82. The predicted octanol–water partition coefficient (Wildman–Crippen LogP) is 7.08. The molecule has 2 aromatic rings. The van der Waals surface area contributed by atoms with E-state index >= 15 is 0 Å². The standard InChI is InChI=1S/C30H38ClNO3/c1-19(29(33)34-4)28(21-7-8-21)22-9-6-20-10-13-26(35-27(20)17-22)25-12-11-24(31)16-23(25)18-32-15-5-14-30(32,2)3/h6,9,11-12,16-17,19,21,26,28H,5,7-8,10,13-15,18H2,1-4H3. The number of hydrogen-bond donors (Lipinski definition) is 0. The summed E-state index contributed by atoms with van der Waals surface area (Å²) in [4.78, 5) is 14.9. The molecule has 3 unspecified atom stereocenters. The molecule has 2 aromatic carbocycles. The maximum Gasteiger partial charge on any atom is 0.309 e. The number of nitrogens with zero attached hydrogens (tertiary/aromatic N) is 1. The van der Waals surface area contributed by atoms with Crippen LogP contribution in [0.4, 0.5) is 0 Å². The van der Waals surface area contributed by atoms with E-state index in [1.54, 1.807) is 0 Å². The number of rotatable bonds is 7. The highest BCUT2D eigenvalue weighted by Gasteiger charge is 2.40. The third-order valence-electron chi connectivity index (χ3n) is 8.55. The fourth-order valence-electron chi connectivity index (χ4n) is 6.26. The zero-order valence-corrected chi connectivity index (χ0v) is 22.2. The van der Waals surface area contributed by atoms with Crippen molar-refractivity contribution < 1.29 is 14.3 Å². The highest BCUT2D eigenvalue weighted by Crippen LogP contribution is 2.48. The number of ether oxygens (including phenoxy) is 2. The Labute approximate surface area is 214 Å². The first-order chi connectivity index (χ1) is 16.8. The van der Waals surface area contributed by atoms with Gasteiger partial charge >= 0.3 is 5.97 Å². The number of hydrogen-bond acceptors (Lipinski definition) is 4. The smallest absolute Gasteiger partial charge is 0.309 e. The van der Waals surface area contributed by atoms with Gasteiger partial charge in [0.05, 0.1) is 13.0 Å². The third-order valence-corrected chi connectivity index (χ3v) is 8.78. The monoisotopic (exact) mass is 495 g/mol. The molecule has 188 valence electrons. The third kappa shape index (κ3) is 5.11. The summed E-state index contributed by atoms with van der Waals surface area (Å²) in [6.07, 6.45) is 6.76. The lowest BCUT2D eigenvalue weighted by Gasteiger charge is -2.34. The molecule has 0 aromatic heterocycles. The normalized spacial score (nSPS) is 23.3. The Morgan fingerprint density at radius 3 is 2.69 bits per heavy atom. The number of carbonyl (C=O) groups is 1. The predicted molar refractivity (Wildman–Crippen MR) is 140 cm³/mol. The average molecular weight is 496 g/mol. The Bertz CT molecular complexity index is 1090. The first-order valence-corrected chi connectivity index (χ1v) is 13.6. The number of methoxy groups -OCH3 is 1. The van der Waals surface area contributed by atoms with Gasteiger partial charge in [-0.2, -0.15) is 0 Å². The molecule has 0 N–H and O–H groups in total. The molecular formula is C30H38ClNO3. The summed E-state index contributed by atoms with van der Waals surface area (Å²) in [5.74, 6) is 1.41. The average Bonchev–Trinajstić information content (AvgIpc) is 3.62. The minimum Gasteiger partial charge on any atom is -0.485 e. The van der Waals surface area contributed by atoms with Crippen LogP contribution in [0.15, 0.2) is 36.4 Å². The molecule has 1 aliphatic carbocycles. The van der Waals surface area contributed by atoms with Gasteiger partial charge in [0.1, 0.15) is 11.9 Å². The molecule has 2 heterocycles. The van der Waals surface area contributed by atoms with E-state index in [9.17, 15) is 4.79 Å². The molecule has 2 aliphatic heterocycles. The number of fused-ring (bicyclic) bond motifs is 1. The van der Waals surface area contributed by atoms with Crippen molar-refractivity contribution in [2.24, 2.45) is 11.8 Å². The minimum atomic E-state index is -0.156. The SMILES string of the molecule is COC(=O)C(C)C(c1ccc2c(c1)OC(c1ccc(Cl)cc1CN1CCCC1(C)C)CC2)C1CC1. The number of likely N-dealkylation sites (tertiary alicyclic amines) is 1. The molecule has 2 fully saturated rings. The van der Waals surface area contributed by atoms with E-state index in [4.69, 9.17) is 21.1 Å². The number of aryl methyl sites for hydroxylation is 1. The largest absolute Gasteiger partial charge is 0.485 e. The molecule has 1 saturated heterocycles. The van der Waals surface area contributed by atoms with Gasteiger partial charge in [-0.05, 0) is 111 Å². The molecule has 3 atom stereocenters. The molecule has 0 radical (unpaired) electrons. The number of benzene rings is 2. The Morgan fingerprint density at radius 2 is 2.00 bits per heavy atom. The van der Waals surface area contributed by atoms with Gasteiger partial charge in [-0.25, -0.2) is 0 Å². The van der Waals surface area contributed by atoms with Crippen LogP contribution in [0.2, 0.25) is 5.02 Å². The Balaban J connectivity index is 1.41. The summed E-state index contributed by atoms with van der Waals surface area (Å²) in [7, 11) is 1.48. The van der Waals surface area contributed by atoms with Crippen LogP contribution in [0, 0.1) is 11.8 Å². The molecule has 0 amide bonds. The molecule has 4 nitrogen and oxygen atoms in total. The van der Waals surface area contributed by atoms with E-state index in [0.29, 0.717) is 5.92 Å². The summed E-state index contributed by atoms with van der Waals surface area (Å²) in [5.41, 5.74) is 5.17. The second kappa shape index (κ2) is 9.78. The van der Waals surface area contributed by atoms with E-state index in [1.807, 2.05) is 13.0 Å². The molecular weight excluding hydrogens is 458 g/mol. The zero-order chi connectivity index (χ0) is 24.7. The van der Waals surface area contributed by atoms with Gasteiger partial charge in [0.25, 0.3) is 0 Å². The maximum atomic E-state index is 12.4.